The number of hydrogen-bond acceptors (Lipinski definition) is 2. The Kier molecular flexibility index (Phi) is 8.20. The van der Waals surface area contributed by atoms with Crippen LogP contribution in [0.3, 0.4) is 0 Å². The van der Waals surface area contributed by atoms with Gasteiger partial charge in [0.25, 0.3) is 0 Å². The van der Waals surface area contributed by atoms with Gasteiger partial charge in [0.1, 0.15) is 0 Å². The summed E-state index contributed by atoms with van der Waals surface area (Å²) in [6, 6.07) is 0.414. The molecular weight excluding hydrogens is 433 g/mol. The van der Waals surface area contributed by atoms with Gasteiger partial charge in [0.2, 0.25) is 0 Å². The molecule has 0 aliphatic heterocycles. The summed E-state index contributed by atoms with van der Waals surface area (Å²) >= 11 is 0. The Morgan fingerprint density at radius 2 is 1.50 bits per heavy atom. The van der Waals surface area contributed by atoms with Crippen molar-refractivity contribution in [2.45, 2.75) is 51.1 Å². The van der Waals surface area contributed by atoms with Crippen molar-refractivity contribution in [3.63, 3.8) is 0 Å². The van der Waals surface area contributed by atoms with E-state index in [-0.39, 0.29) is 37.8 Å². The zero-order valence-electron chi connectivity index (χ0n) is 15.7. The molecule has 0 aromatic heterocycles. The van der Waals surface area contributed by atoms with Crippen molar-refractivity contribution in [3.8, 4) is 0 Å². The van der Waals surface area contributed by atoms with E-state index in [1.807, 2.05) is 0 Å². The number of benzene rings is 1. The molecule has 2 unspecified atom stereocenters. The van der Waals surface area contributed by atoms with Crippen LogP contribution in [0.15, 0.2) is 12.1 Å². The van der Waals surface area contributed by atoms with Crippen LogP contribution in [0.25, 0.3) is 0 Å². The second kappa shape index (κ2) is 9.44. The summed E-state index contributed by atoms with van der Waals surface area (Å²) in [5.41, 5.74) is -3.08. The normalized spacial score (nSPS) is 15.2. The maximum atomic E-state index is 13.4. The standard InChI is InChI=1S/C18H20F9NO2/c1-9(7-11(8-28)15(29)30)3-2-4-10-5-6-12(16(19,20)21)14(18(25,26)27)13(10)17(22,23)24/h5-6,9,11H,2-4,7-8,28H2,1H3,(H,29,30). The fourth-order valence-corrected chi connectivity index (χ4v) is 3.25. The molecule has 3 N–H and O–H groups in total. The van der Waals surface area contributed by atoms with Crippen molar-refractivity contribution < 1.29 is 49.4 Å². The van der Waals surface area contributed by atoms with E-state index < -0.39 is 59.1 Å². The Hall–Kier alpha value is -1.98. The minimum atomic E-state index is -5.87. The summed E-state index contributed by atoms with van der Waals surface area (Å²) in [6.07, 6.45) is -17.5. The van der Waals surface area contributed by atoms with Crippen molar-refractivity contribution in [1.29, 1.82) is 0 Å². The van der Waals surface area contributed by atoms with Crippen molar-refractivity contribution >= 4 is 5.97 Å². The van der Waals surface area contributed by atoms with Crippen LogP contribution in [0.2, 0.25) is 0 Å². The summed E-state index contributed by atoms with van der Waals surface area (Å²) in [6.45, 7) is 1.44. The van der Waals surface area contributed by atoms with Crippen molar-refractivity contribution in [1.82, 2.24) is 0 Å². The molecule has 0 heterocycles. The minimum Gasteiger partial charge on any atom is -0.481 e. The van der Waals surface area contributed by atoms with E-state index in [1.165, 1.54) is 0 Å². The lowest BCUT2D eigenvalue weighted by atomic mass is 9.88. The Morgan fingerprint density at radius 1 is 0.967 bits per heavy atom. The molecule has 0 radical (unpaired) electrons. The van der Waals surface area contributed by atoms with Gasteiger partial charge in [0, 0.05) is 6.54 Å². The number of aryl methyl sites for hydroxylation is 1. The number of carbonyl (C=O) groups is 1. The van der Waals surface area contributed by atoms with Gasteiger partial charge in [-0.25, -0.2) is 0 Å². The SMILES string of the molecule is CC(CCCc1ccc(C(F)(F)F)c(C(F)(F)F)c1C(F)(F)F)CC(CN)C(=O)O. The Balaban J connectivity index is 3.21. The molecule has 0 fully saturated rings. The fourth-order valence-electron chi connectivity index (χ4n) is 3.25. The van der Waals surface area contributed by atoms with E-state index in [0.717, 1.165) is 0 Å². The topological polar surface area (TPSA) is 63.3 Å². The molecule has 172 valence electrons. The summed E-state index contributed by atoms with van der Waals surface area (Å²) in [5, 5.41) is 8.95. The average molecular weight is 453 g/mol. The molecule has 0 saturated carbocycles. The second-order valence-corrected chi connectivity index (χ2v) is 7.02. The molecule has 12 heteroatoms. The molecule has 0 amide bonds. The molecule has 0 aliphatic rings. The smallest absolute Gasteiger partial charge is 0.417 e. The number of carboxylic acids is 1. The van der Waals surface area contributed by atoms with Crippen LogP contribution in [0.1, 0.15) is 48.4 Å². The first-order valence-corrected chi connectivity index (χ1v) is 8.80. The van der Waals surface area contributed by atoms with Crippen LogP contribution in [0, 0.1) is 11.8 Å². The zero-order valence-corrected chi connectivity index (χ0v) is 15.7. The minimum absolute atomic E-state index is 0.00566. The highest BCUT2D eigenvalue weighted by Crippen LogP contribution is 2.48. The summed E-state index contributed by atoms with van der Waals surface area (Å²) in [4.78, 5) is 11.0. The lowest BCUT2D eigenvalue weighted by Crippen LogP contribution is -2.25. The highest BCUT2D eigenvalue weighted by molar-refractivity contribution is 5.70. The number of hydrogen-bond donors (Lipinski definition) is 2. The van der Waals surface area contributed by atoms with E-state index in [1.54, 1.807) is 6.92 Å². The van der Waals surface area contributed by atoms with Gasteiger partial charge < -0.3 is 10.8 Å². The van der Waals surface area contributed by atoms with Gasteiger partial charge in [-0.05, 0) is 36.8 Å². The van der Waals surface area contributed by atoms with E-state index in [2.05, 4.69) is 0 Å². The third-order valence-electron chi connectivity index (χ3n) is 4.63. The van der Waals surface area contributed by atoms with Gasteiger partial charge in [0.05, 0.1) is 22.6 Å². The van der Waals surface area contributed by atoms with Crippen molar-refractivity contribution in [2.75, 3.05) is 6.54 Å². The van der Waals surface area contributed by atoms with Gasteiger partial charge in [-0.15, -0.1) is 0 Å². The lowest BCUT2D eigenvalue weighted by Gasteiger charge is -2.23. The molecule has 0 saturated heterocycles. The van der Waals surface area contributed by atoms with Gasteiger partial charge in [-0.1, -0.05) is 19.4 Å². The Labute approximate surface area is 166 Å². The predicted octanol–water partition coefficient (Wildman–Crippen LogP) is 5.75. The highest BCUT2D eigenvalue weighted by atomic mass is 19.4. The number of carboxylic acid groups (broad SMARTS) is 1. The van der Waals surface area contributed by atoms with Crippen LogP contribution in [0.5, 0.6) is 0 Å². The maximum Gasteiger partial charge on any atom is 0.417 e. The van der Waals surface area contributed by atoms with Crippen LogP contribution in [-0.4, -0.2) is 17.6 Å². The largest absolute Gasteiger partial charge is 0.481 e. The van der Waals surface area contributed by atoms with E-state index in [4.69, 9.17) is 10.8 Å². The summed E-state index contributed by atoms with van der Waals surface area (Å²) < 4.78 is 118. The third kappa shape index (κ3) is 6.78. The fraction of sp³-hybridized carbons (Fsp3) is 0.611. The van der Waals surface area contributed by atoms with Gasteiger partial charge in [-0.2, -0.15) is 39.5 Å². The first kappa shape index (κ1) is 26.1. The van der Waals surface area contributed by atoms with Crippen molar-refractivity contribution in [3.05, 3.63) is 34.4 Å². The van der Waals surface area contributed by atoms with E-state index >= 15 is 0 Å². The monoisotopic (exact) mass is 453 g/mol. The average Bonchev–Trinajstić information content (AvgIpc) is 2.56. The summed E-state index contributed by atoms with van der Waals surface area (Å²) in [7, 11) is 0. The molecule has 0 aliphatic carbocycles. The molecule has 1 aromatic carbocycles. The number of aliphatic carboxylic acids is 1. The molecule has 0 bridgehead atoms. The van der Waals surface area contributed by atoms with Gasteiger partial charge in [-0.3, -0.25) is 4.79 Å². The second-order valence-electron chi connectivity index (χ2n) is 7.02. The Bertz CT molecular complexity index is 739. The first-order valence-electron chi connectivity index (χ1n) is 8.80. The third-order valence-corrected chi connectivity index (χ3v) is 4.63. The van der Waals surface area contributed by atoms with E-state index in [0.29, 0.717) is 6.07 Å². The molecule has 2 atom stereocenters. The quantitative estimate of drug-likeness (QED) is 0.493. The molecule has 1 aromatic rings. The zero-order chi connectivity index (χ0) is 23.5. The number of nitrogens with two attached hydrogens (primary N) is 1. The van der Waals surface area contributed by atoms with Crippen molar-refractivity contribution in [2.24, 2.45) is 17.6 Å². The predicted molar refractivity (Wildman–Crippen MR) is 88.3 cm³/mol. The molecule has 1 rings (SSSR count). The highest BCUT2D eigenvalue weighted by Gasteiger charge is 2.51. The van der Waals surface area contributed by atoms with Gasteiger partial charge >= 0.3 is 24.5 Å². The molecule has 3 nitrogen and oxygen atoms in total. The van der Waals surface area contributed by atoms with Crippen LogP contribution < -0.4 is 5.73 Å². The molecule has 0 spiro atoms. The van der Waals surface area contributed by atoms with Crippen LogP contribution in [-0.2, 0) is 29.7 Å². The van der Waals surface area contributed by atoms with E-state index in [9.17, 15) is 44.3 Å². The molecule has 30 heavy (non-hydrogen) atoms. The Morgan fingerprint density at radius 3 is 1.90 bits per heavy atom. The first-order chi connectivity index (χ1) is 13.5. The lowest BCUT2D eigenvalue weighted by molar-refractivity contribution is -0.175. The number of alkyl halides is 9. The summed E-state index contributed by atoms with van der Waals surface area (Å²) in [5.74, 6) is -2.35. The van der Waals surface area contributed by atoms with Crippen LogP contribution in [0.4, 0.5) is 39.5 Å². The molecular formula is C18H20F9NO2. The maximum absolute atomic E-state index is 13.4. The number of halogens is 9. The van der Waals surface area contributed by atoms with Crippen LogP contribution >= 0.6 is 0 Å². The van der Waals surface area contributed by atoms with Gasteiger partial charge in [0.15, 0.2) is 0 Å². The number of rotatable bonds is 8.